The van der Waals surface area contributed by atoms with Crippen molar-refractivity contribution in [3.05, 3.63) is 105 Å². The number of primary amides is 1. The summed E-state index contributed by atoms with van der Waals surface area (Å²) in [4.78, 5) is 27.3. The summed E-state index contributed by atoms with van der Waals surface area (Å²) >= 11 is 0. The van der Waals surface area contributed by atoms with Gasteiger partial charge in [-0.25, -0.2) is 4.79 Å². The van der Waals surface area contributed by atoms with E-state index in [1.807, 2.05) is 37.3 Å². The number of H-pyrrole nitrogens is 1. The van der Waals surface area contributed by atoms with Gasteiger partial charge in [-0.1, -0.05) is 56.8 Å². The number of aromatic nitrogens is 2. The first kappa shape index (κ1) is 31.3. The summed E-state index contributed by atoms with van der Waals surface area (Å²) in [5, 5.41) is 20.7. The molecule has 1 aliphatic rings. The minimum atomic E-state index is -0.953. The van der Waals surface area contributed by atoms with Gasteiger partial charge >= 0.3 is 5.76 Å². The maximum atomic E-state index is 12.4. The van der Waals surface area contributed by atoms with Gasteiger partial charge in [0.2, 0.25) is 5.91 Å². The highest BCUT2D eigenvalue weighted by atomic mass is 16.5. The highest BCUT2D eigenvalue weighted by Crippen LogP contribution is 2.47. The van der Waals surface area contributed by atoms with Gasteiger partial charge in [0.1, 0.15) is 6.04 Å². The normalized spacial score (nSPS) is 17.8. The molecule has 0 aliphatic heterocycles. The lowest BCUT2D eigenvalue weighted by atomic mass is 9.67. The van der Waals surface area contributed by atoms with Crippen molar-refractivity contribution in [2.24, 2.45) is 17.4 Å². The summed E-state index contributed by atoms with van der Waals surface area (Å²) in [6.45, 7) is 14.8. The largest absolute Gasteiger partial charge is 0.438 e. The topological polar surface area (TPSA) is 176 Å². The minimum Gasteiger partial charge on any atom is -0.399 e. The molecule has 1 aliphatic carbocycles. The molecule has 0 fully saturated rings. The Morgan fingerprint density at radius 1 is 1.14 bits per heavy atom. The summed E-state index contributed by atoms with van der Waals surface area (Å²) in [6, 6.07) is 13.3. The maximum absolute atomic E-state index is 12.4. The molecule has 0 bridgehead atoms. The Bertz CT molecular complexity index is 1550. The third kappa shape index (κ3) is 6.73. The standard InChI is InChI=1S/C33H41N7O3/c1-6-19(2)13-27(17-34)38-21(4)18-37-20(3)16-33(31-39-32(42)43-40-31)28-11-9-23(22(5)35)14-24(28)7-8-25-15-26(30(36)41)10-12-29(25)33/h9-12,14-15,19-20,27,37-38H,4-8,13,16,18,35H2,1-3H3,(H2,36,41)(H,39,40,42)/t19-,20+,27?,33?/m0/s1. The number of carbonyl (C=O) groups excluding carboxylic acids is 1. The van der Waals surface area contributed by atoms with Crippen LogP contribution in [0.1, 0.15) is 84.0 Å². The van der Waals surface area contributed by atoms with E-state index in [2.05, 4.69) is 53.8 Å². The first-order chi connectivity index (χ1) is 20.5. The third-order valence-electron chi connectivity index (χ3n) is 8.44. The maximum Gasteiger partial charge on any atom is 0.438 e. The number of hydrogen-bond acceptors (Lipinski definition) is 8. The lowest BCUT2D eigenvalue weighted by Crippen LogP contribution is -2.42. The molecule has 43 heavy (non-hydrogen) atoms. The van der Waals surface area contributed by atoms with E-state index in [1.54, 1.807) is 6.07 Å². The van der Waals surface area contributed by atoms with Crippen molar-refractivity contribution >= 4 is 11.6 Å². The van der Waals surface area contributed by atoms with Gasteiger partial charge < -0.3 is 22.1 Å². The molecule has 4 atom stereocenters. The number of fused-ring (bicyclic) bond motifs is 2. The average molecular weight is 584 g/mol. The van der Waals surface area contributed by atoms with E-state index in [0.29, 0.717) is 54.5 Å². The molecule has 10 heteroatoms. The Balaban J connectivity index is 1.76. The van der Waals surface area contributed by atoms with Crippen molar-refractivity contribution in [3.63, 3.8) is 0 Å². The van der Waals surface area contributed by atoms with Crippen LogP contribution in [-0.4, -0.2) is 34.7 Å². The molecule has 1 aromatic heterocycles. The summed E-state index contributed by atoms with van der Waals surface area (Å²) in [5.41, 5.74) is 16.9. The second-order valence-corrected chi connectivity index (χ2v) is 11.6. The predicted molar refractivity (Wildman–Crippen MR) is 167 cm³/mol. The molecule has 0 saturated heterocycles. The Morgan fingerprint density at radius 3 is 2.30 bits per heavy atom. The van der Waals surface area contributed by atoms with Gasteiger partial charge in [-0.15, -0.1) is 0 Å². The third-order valence-corrected chi connectivity index (χ3v) is 8.44. The fourth-order valence-electron chi connectivity index (χ4n) is 6.03. The molecule has 2 unspecified atom stereocenters. The molecular weight excluding hydrogens is 542 g/mol. The summed E-state index contributed by atoms with van der Waals surface area (Å²) in [6.07, 6.45) is 3.49. The number of amides is 1. The average Bonchev–Trinajstić information content (AvgIpc) is 3.38. The lowest BCUT2D eigenvalue weighted by molar-refractivity contribution is 0.1000. The van der Waals surface area contributed by atoms with Gasteiger partial charge in [0.15, 0.2) is 5.82 Å². The van der Waals surface area contributed by atoms with Gasteiger partial charge in [0.05, 0.1) is 11.5 Å². The van der Waals surface area contributed by atoms with E-state index < -0.39 is 17.1 Å². The van der Waals surface area contributed by atoms with Crippen molar-refractivity contribution in [3.8, 4) is 6.07 Å². The zero-order valence-corrected chi connectivity index (χ0v) is 25.1. The van der Waals surface area contributed by atoms with Crippen molar-refractivity contribution in [1.82, 2.24) is 20.8 Å². The number of benzene rings is 2. The van der Waals surface area contributed by atoms with E-state index in [0.717, 1.165) is 40.7 Å². The van der Waals surface area contributed by atoms with Crippen LogP contribution in [0, 0.1) is 17.2 Å². The smallest absolute Gasteiger partial charge is 0.399 e. The molecular formula is C33H41N7O3. The van der Waals surface area contributed by atoms with E-state index in [4.69, 9.17) is 16.0 Å². The Morgan fingerprint density at radius 2 is 1.77 bits per heavy atom. The molecule has 10 nitrogen and oxygen atoms in total. The van der Waals surface area contributed by atoms with Gasteiger partial charge in [0.25, 0.3) is 0 Å². The van der Waals surface area contributed by atoms with E-state index >= 15 is 0 Å². The number of aromatic amines is 1. The number of nitrogens with two attached hydrogens (primary N) is 2. The Hall–Kier alpha value is -4.62. The van der Waals surface area contributed by atoms with E-state index in [1.165, 1.54) is 0 Å². The van der Waals surface area contributed by atoms with Gasteiger partial charge in [-0.3, -0.25) is 14.3 Å². The number of nitrogens with one attached hydrogen (secondary N) is 3. The molecule has 226 valence electrons. The Labute approximate surface area is 252 Å². The molecule has 3 aromatic rings. The second kappa shape index (κ2) is 13.1. The molecule has 2 aromatic carbocycles. The molecule has 0 saturated carbocycles. The zero-order valence-electron chi connectivity index (χ0n) is 25.1. The van der Waals surface area contributed by atoms with Gasteiger partial charge in [-0.2, -0.15) is 5.26 Å². The van der Waals surface area contributed by atoms with Crippen molar-refractivity contribution < 1.29 is 9.32 Å². The van der Waals surface area contributed by atoms with Crippen molar-refractivity contribution in [2.45, 2.75) is 70.4 Å². The molecule has 7 N–H and O–H groups in total. The van der Waals surface area contributed by atoms with Crippen LogP contribution >= 0.6 is 0 Å². The van der Waals surface area contributed by atoms with Gasteiger partial charge in [0, 0.05) is 29.5 Å². The number of nitrogens with zero attached hydrogens (tertiary/aromatic N) is 2. The Kier molecular flexibility index (Phi) is 9.56. The van der Waals surface area contributed by atoms with Crippen LogP contribution in [0.5, 0.6) is 0 Å². The molecule has 1 amide bonds. The number of rotatable bonds is 13. The lowest BCUT2D eigenvalue weighted by Gasteiger charge is -2.37. The molecule has 4 rings (SSSR count). The fourth-order valence-corrected chi connectivity index (χ4v) is 6.03. The van der Waals surface area contributed by atoms with E-state index in [9.17, 15) is 14.9 Å². The first-order valence-electron chi connectivity index (χ1n) is 14.6. The molecule has 1 heterocycles. The van der Waals surface area contributed by atoms with Crippen LogP contribution in [0.2, 0.25) is 0 Å². The fraction of sp³-hybridized carbons (Fsp3) is 0.394. The van der Waals surface area contributed by atoms with E-state index in [-0.39, 0.29) is 12.1 Å². The second-order valence-electron chi connectivity index (χ2n) is 11.6. The van der Waals surface area contributed by atoms with Crippen LogP contribution in [0.15, 0.2) is 64.6 Å². The summed E-state index contributed by atoms with van der Waals surface area (Å²) in [5.74, 6) is -0.401. The number of carbonyl (C=O) groups is 1. The summed E-state index contributed by atoms with van der Waals surface area (Å²) in [7, 11) is 0. The van der Waals surface area contributed by atoms with Crippen LogP contribution in [0.3, 0.4) is 0 Å². The molecule has 0 radical (unpaired) electrons. The quantitative estimate of drug-likeness (QED) is 0.203. The van der Waals surface area contributed by atoms with Crippen LogP contribution in [-0.2, 0) is 18.3 Å². The van der Waals surface area contributed by atoms with Crippen molar-refractivity contribution in [1.29, 1.82) is 5.26 Å². The minimum absolute atomic E-state index is 0.132. The summed E-state index contributed by atoms with van der Waals surface area (Å²) < 4.78 is 5.07. The van der Waals surface area contributed by atoms with Gasteiger partial charge in [-0.05, 0) is 84.5 Å². The van der Waals surface area contributed by atoms with Crippen LogP contribution in [0.25, 0.3) is 5.70 Å². The van der Waals surface area contributed by atoms with Crippen molar-refractivity contribution in [2.75, 3.05) is 6.54 Å². The first-order valence-corrected chi connectivity index (χ1v) is 14.6. The number of aryl methyl sites for hydroxylation is 2. The highest BCUT2D eigenvalue weighted by Gasteiger charge is 2.45. The zero-order chi connectivity index (χ0) is 31.3. The SMILES string of the molecule is C=C(CN[C@H](C)CC1(c2noc(=O)[nH]2)c2ccc(C(=C)N)cc2CCc2cc(C(N)=O)ccc21)NC(C#N)C[C@@H](C)CC. The number of nitriles is 1. The molecule has 0 spiro atoms. The highest BCUT2D eigenvalue weighted by molar-refractivity contribution is 5.93. The van der Waals surface area contributed by atoms with Crippen LogP contribution in [0.4, 0.5) is 0 Å². The van der Waals surface area contributed by atoms with Crippen LogP contribution < -0.4 is 27.9 Å². The monoisotopic (exact) mass is 583 g/mol. The predicted octanol–water partition coefficient (Wildman–Crippen LogP) is 3.62. The number of hydrogen-bond donors (Lipinski definition) is 5.